The molecule has 10 heavy (non-hydrogen) atoms. The molecule has 0 bridgehead atoms. The van der Waals surface area contributed by atoms with Crippen LogP contribution >= 0.6 is 11.5 Å². The molecule has 0 fully saturated rings. The molecule has 0 aliphatic heterocycles. The normalized spacial score (nSPS) is 10.8. The maximum atomic E-state index is 5.41. The van der Waals surface area contributed by atoms with Crippen molar-refractivity contribution in [2.24, 2.45) is 5.73 Å². The largest absolute Gasteiger partial charge is 0.325 e. The summed E-state index contributed by atoms with van der Waals surface area (Å²) < 4.78 is 4.17. The molecule has 0 aliphatic rings. The molecule has 0 saturated carbocycles. The predicted octanol–water partition coefficient (Wildman–Crippen LogP) is 1.73. The Morgan fingerprint density at radius 1 is 1.70 bits per heavy atom. The molecular weight excluding hydrogens is 144 g/mol. The molecule has 2 nitrogen and oxygen atoms in total. The van der Waals surface area contributed by atoms with E-state index in [-0.39, 0.29) is 0 Å². The SMILES string of the molecule is CC(C)c1cc(CN)ns1. The molecule has 0 spiro atoms. The summed E-state index contributed by atoms with van der Waals surface area (Å²) in [5, 5.41) is 0. The summed E-state index contributed by atoms with van der Waals surface area (Å²) in [5.41, 5.74) is 6.42. The molecular formula is C7H12N2S. The number of nitrogens with two attached hydrogens (primary N) is 1. The molecule has 56 valence electrons. The van der Waals surface area contributed by atoms with E-state index in [1.54, 1.807) is 11.5 Å². The van der Waals surface area contributed by atoms with Crippen LogP contribution in [0.5, 0.6) is 0 Å². The molecule has 0 unspecified atom stereocenters. The lowest BCUT2D eigenvalue weighted by molar-refractivity contribution is 0.886. The molecule has 0 radical (unpaired) electrons. The highest BCUT2D eigenvalue weighted by Gasteiger charge is 2.02. The predicted molar refractivity (Wildman–Crippen MR) is 44.1 cm³/mol. The summed E-state index contributed by atoms with van der Waals surface area (Å²) in [7, 11) is 0. The smallest absolute Gasteiger partial charge is 0.0680 e. The maximum Gasteiger partial charge on any atom is 0.0680 e. The van der Waals surface area contributed by atoms with E-state index in [4.69, 9.17) is 5.73 Å². The Morgan fingerprint density at radius 2 is 2.40 bits per heavy atom. The lowest BCUT2D eigenvalue weighted by Crippen LogP contribution is -1.94. The topological polar surface area (TPSA) is 38.9 Å². The number of hydrogen-bond acceptors (Lipinski definition) is 3. The van der Waals surface area contributed by atoms with E-state index in [0.717, 1.165) is 5.69 Å². The van der Waals surface area contributed by atoms with Crippen LogP contribution in [0.25, 0.3) is 0 Å². The van der Waals surface area contributed by atoms with E-state index >= 15 is 0 Å². The van der Waals surface area contributed by atoms with Crippen molar-refractivity contribution in [3.63, 3.8) is 0 Å². The quantitative estimate of drug-likeness (QED) is 0.708. The number of rotatable bonds is 2. The Kier molecular flexibility index (Phi) is 2.40. The number of nitrogens with zero attached hydrogens (tertiary/aromatic N) is 1. The van der Waals surface area contributed by atoms with Crippen molar-refractivity contribution >= 4 is 11.5 Å². The summed E-state index contributed by atoms with van der Waals surface area (Å²) in [5.74, 6) is 0.581. The van der Waals surface area contributed by atoms with Gasteiger partial charge in [0, 0.05) is 11.4 Å². The zero-order chi connectivity index (χ0) is 7.56. The fourth-order valence-corrected chi connectivity index (χ4v) is 1.45. The minimum absolute atomic E-state index is 0.559. The van der Waals surface area contributed by atoms with Crippen LogP contribution in [0.15, 0.2) is 6.07 Å². The maximum absolute atomic E-state index is 5.41. The Labute approximate surface area is 65.2 Å². The average Bonchev–Trinajstić information content (AvgIpc) is 2.34. The van der Waals surface area contributed by atoms with Gasteiger partial charge in [-0.25, -0.2) is 0 Å². The van der Waals surface area contributed by atoms with Crippen molar-refractivity contribution < 1.29 is 0 Å². The van der Waals surface area contributed by atoms with Crippen LogP contribution in [0.4, 0.5) is 0 Å². The van der Waals surface area contributed by atoms with E-state index in [9.17, 15) is 0 Å². The van der Waals surface area contributed by atoms with Crippen LogP contribution in [0.2, 0.25) is 0 Å². The van der Waals surface area contributed by atoms with Gasteiger partial charge in [0.05, 0.1) is 5.69 Å². The van der Waals surface area contributed by atoms with Gasteiger partial charge in [0.15, 0.2) is 0 Å². The van der Waals surface area contributed by atoms with Crippen LogP contribution in [0.1, 0.15) is 30.3 Å². The standard InChI is InChI=1S/C7H12N2S/c1-5(2)7-3-6(4-8)9-10-7/h3,5H,4,8H2,1-2H3. The van der Waals surface area contributed by atoms with Gasteiger partial charge in [-0.2, -0.15) is 4.37 Å². The van der Waals surface area contributed by atoms with E-state index in [2.05, 4.69) is 24.3 Å². The van der Waals surface area contributed by atoms with Gasteiger partial charge in [-0.15, -0.1) is 0 Å². The van der Waals surface area contributed by atoms with Crippen LogP contribution in [-0.2, 0) is 6.54 Å². The Hall–Kier alpha value is -0.410. The molecule has 1 aromatic rings. The lowest BCUT2D eigenvalue weighted by Gasteiger charge is -1.94. The highest BCUT2D eigenvalue weighted by molar-refractivity contribution is 7.05. The number of aromatic nitrogens is 1. The van der Waals surface area contributed by atoms with Crippen LogP contribution < -0.4 is 5.73 Å². The van der Waals surface area contributed by atoms with Crippen molar-refractivity contribution in [3.05, 3.63) is 16.6 Å². The van der Waals surface area contributed by atoms with Gasteiger partial charge in [0.2, 0.25) is 0 Å². The second-order valence-corrected chi connectivity index (χ2v) is 3.42. The lowest BCUT2D eigenvalue weighted by atomic mass is 10.2. The summed E-state index contributed by atoms with van der Waals surface area (Å²) in [4.78, 5) is 1.32. The third-order valence-corrected chi connectivity index (χ3v) is 2.48. The van der Waals surface area contributed by atoms with Gasteiger partial charge in [-0.1, -0.05) is 13.8 Å². The molecule has 0 atom stereocenters. The van der Waals surface area contributed by atoms with E-state index in [1.807, 2.05) is 0 Å². The summed E-state index contributed by atoms with van der Waals surface area (Å²) in [6.45, 7) is 4.88. The molecule has 3 heteroatoms. The van der Waals surface area contributed by atoms with Crippen LogP contribution in [0, 0.1) is 0 Å². The molecule has 0 amide bonds. The van der Waals surface area contributed by atoms with Crippen molar-refractivity contribution in [2.45, 2.75) is 26.3 Å². The highest BCUT2D eigenvalue weighted by Crippen LogP contribution is 2.19. The fourth-order valence-electron chi connectivity index (χ4n) is 0.697. The average molecular weight is 156 g/mol. The highest BCUT2D eigenvalue weighted by atomic mass is 32.1. The Balaban J connectivity index is 2.78. The molecule has 1 heterocycles. The van der Waals surface area contributed by atoms with Crippen molar-refractivity contribution in [2.75, 3.05) is 0 Å². The molecule has 1 rings (SSSR count). The van der Waals surface area contributed by atoms with Gasteiger partial charge < -0.3 is 5.73 Å². The zero-order valence-corrected chi connectivity index (χ0v) is 7.11. The first-order valence-corrected chi connectivity index (χ1v) is 4.17. The molecule has 0 saturated heterocycles. The van der Waals surface area contributed by atoms with Gasteiger partial charge in [0.25, 0.3) is 0 Å². The molecule has 2 N–H and O–H groups in total. The van der Waals surface area contributed by atoms with Gasteiger partial charge >= 0.3 is 0 Å². The van der Waals surface area contributed by atoms with E-state index in [1.165, 1.54) is 4.88 Å². The Bertz CT molecular complexity index is 205. The first-order chi connectivity index (χ1) is 4.74. The zero-order valence-electron chi connectivity index (χ0n) is 6.29. The van der Waals surface area contributed by atoms with Crippen LogP contribution in [-0.4, -0.2) is 4.37 Å². The second kappa shape index (κ2) is 3.12. The first-order valence-electron chi connectivity index (χ1n) is 3.39. The first kappa shape index (κ1) is 7.69. The minimum atomic E-state index is 0.559. The molecule has 0 aliphatic carbocycles. The van der Waals surface area contributed by atoms with Gasteiger partial charge in [-0.3, -0.25) is 0 Å². The summed E-state index contributed by atoms with van der Waals surface area (Å²) in [6.07, 6.45) is 0. The Morgan fingerprint density at radius 3 is 2.70 bits per heavy atom. The van der Waals surface area contributed by atoms with Gasteiger partial charge in [0.1, 0.15) is 0 Å². The monoisotopic (exact) mass is 156 g/mol. The minimum Gasteiger partial charge on any atom is -0.325 e. The van der Waals surface area contributed by atoms with E-state index in [0.29, 0.717) is 12.5 Å². The van der Waals surface area contributed by atoms with Crippen molar-refractivity contribution in [1.82, 2.24) is 4.37 Å². The van der Waals surface area contributed by atoms with Crippen LogP contribution in [0.3, 0.4) is 0 Å². The number of hydrogen-bond donors (Lipinski definition) is 1. The summed E-state index contributed by atoms with van der Waals surface area (Å²) in [6, 6.07) is 2.08. The molecule has 1 aromatic heterocycles. The second-order valence-electron chi connectivity index (χ2n) is 2.58. The van der Waals surface area contributed by atoms with Gasteiger partial charge in [-0.05, 0) is 23.5 Å². The van der Waals surface area contributed by atoms with Crippen molar-refractivity contribution in [3.8, 4) is 0 Å². The van der Waals surface area contributed by atoms with E-state index < -0.39 is 0 Å². The van der Waals surface area contributed by atoms with Crippen molar-refractivity contribution in [1.29, 1.82) is 0 Å². The molecule has 0 aromatic carbocycles. The third-order valence-electron chi connectivity index (χ3n) is 1.36. The third kappa shape index (κ3) is 1.55. The fraction of sp³-hybridized carbons (Fsp3) is 0.571. The summed E-state index contributed by atoms with van der Waals surface area (Å²) >= 11 is 1.55.